The van der Waals surface area contributed by atoms with Crippen molar-refractivity contribution in [1.29, 1.82) is 0 Å². The van der Waals surface area contributed by atoms with Gasteiger partial charge in [-0.15, -0.1) is 6.42 Å². The van der Waals surface area contributed by atoms with Crippen molar-refractivity contribution in [3.05, 3.63) is 78.6 Å². The number of fused-ring (bicyclic) bond motifs is 1. The Kier molecular flexibility index (Phi) is 13.4. The fourth-order valence-corrected chi connectivity index (χ4v) is 4.75. The van der Waals surface area contributed by atoms with E-state index in [1.807, 2.05) is 0 Å². The minimum Gasteiger partial charge on any atom is -0.343 e. The molecule has 3 rings (SSSR count). The van der Waals surface area contributed by atoms with E-state index in [4.69, 9.17) is 0 Å². The molecule has 1 radical (unpaired) electrons. The monoisotopic (exact) mass is 665 g/mol. The standard InChI is InChI=1S/C27H34N.C5H8O2.Ir/c1-7-10-23-21(6)17-20(5)18-25(23)27-14-13-24-22(16-19(3)4)11-9-12-26(24)28(27)15-8-2;1-4(6)3-5(2)7;/h9,11-14,17-19H,1-2,7-8,10,15-16H2,3-6H3;3H2,1-2H3;/q-1;;. The summed E-state index contributed by atoms with van der Waals surface area (Å²) in [6, 6.07) is 16.0. The molecule has 0 spiro atoms. The Hall–Kier alpha value is -2.16. The predicted molar refractivity (Wildman–Crippen MR) is 147 cm³/mol. The predicted octanol–water partition coefficient (Wildman–Crippen LogP) is 7.15. The van der Waals surface area contributed by atoms with Crippen molar-refractivity contribution >= 4 is 22.5 Å². The molecule has 1 heterocycles. The SMILES string of the molecule is CC(=O)CC(C)=O.[CH2-]CCc1c(C)cc(C)cc1-c1ccc2c(CC(C)C)cccc2[n+]1CC[CH2-].[Ir]. The Morgan fingerprint density at radius 2 is 1.61 bits per heavy atom. The van der Waals surface area contributed by atoms with Gasteiger partial charge in [-0.25, -0.2) is 0 Å². The van der Waals surface area contributed by atoms with Gasteiger partial charge in [0.1, 0.15) is 18.1 Å². The van der Waals surface area contributed by atoms with Crippen LogP contribution < -0.4 is 4.57 Å². The van der Waals surface area contributed by atoms with Crippen LogP contribution in [0.15, 0.2) is 42.5 Å². The van der Waals surface area contributed by atoms with Crippen molar-refractivity contribution in [1.82, 2.24) is 0 Å². The molecule has 0 aliphatic heterocycles. The quantitative estimate of drug-likeness (QED) is 0.139. The summed E-state index contributed by atoms with van der Waals surface area (Å²) in [6.07, 6.45) is 3.99. The van der Waals surface area contributed by atoms with Gasteiger partial charge in [-0.2, -0.15) is 11.0 Å². The number of pyridine rings is 1. The van der Waals surface area contributed by atoms with Gasteiger partial charge in [0, 0.05) is 43.2 Å². The molecule has 197 valence electrons. The Balaban J connectivity index is 0.000000712. The maximum atomic E-state index is 10.0. The third kappa shape index (κ3) is 8.75. The van der Waals surface area contributed by atoms with Gasteiger partial charge >= 0.3 is 0 Å². The van der Waals surface area contributed by atoms with Gasteiger partial charge in [0.25, 0.3) is 0 Å². The number of carbonyl (C=O) groups is 2. The summed E-state index contributed by atoms with van der Waals surface area (Å²) in [5, 5.41) is 1.37. The number of aromatic nitrogens is 1. The number of hydrogen-bond donors (Lipinski definition) is 0. The van der Waals surface area contributed by atoms with Gasteiger partial charge in [0.2, 0.25) is 11.2 Å². The summed E-state index contributed by atoms with van der Waals surface area (Å²) in [5.74, 6) is 0.523. The number of ketones is 2. The summed E-state index contributed by atoms with van der Waals surface area (Å²) >= 11 is 0. The van der Waals surface area contributed by atoms with E-state index in [9.17, 15) is 9.59 Å². The Morgan fingerprint density at radius 3 is 2.14 bits per heavy atom. The molecule has 0 unspecified atom stereocenters. The molecule has 3 nitrogen and oxygen atoms in total. The zero-order chi connectivity index (χ0) is 26.1. The molecule has 0 bridgehead atoms. The zero-order valence-electron chi connectivity index (χ0n) is 22.9. The first kappa shape index (κ1) is 31.9. The molecule has 3 aromatic rings. The topological polar surface area (TPSA) is 38.0 Å². The molecular formula is C32H42IrNO2-. The molecule has 36 heavy (non-hydrogen) atoms. The van der Waals surface area contributed by atoms with Crippen molar-refractivity contribution in [2.24, 2.45) is 5.92 Å². The van der Waals surface area contributed by atoms with Crippen LogP contribution in [0.3, 0.4) is 0 Å². The second kappa shape index (κ2) is 15.2. The number of nitrogens with zero attached hydrogens (tertiary/aromatic N) is 1. The minimum atomic E-state index is -0.0625. The minimum absolute atomic E-state index is 0. The van der Waals surface area contributed by atoms with Crippen LogP contribution in [0.4, 0.5) is 0 Å². The van der Waals surface area contributed by atoms with E-state index in [2.05, 4.69) is 88.6 Å². The molecule has 0 atom stereocenters. The van der Waals surface area contributed by atoms with Crippen LogP contribution in [0.1, 0.15) is 69.2 Å². The molecule has 0 aliphatic carbocycles. The third-order valence-electron chi connectivity index (χ3n) is 5.99. The van der Waals surface area contributed by atoms with Gasteiger partial charge in [0.05, 0.1) is 6.42 Å². The second-order valence-corrected chi connectivity index (χ2v) is 9.96. The zero-order valence-corrected chi connectivity index (χ0v) is 25.3. The van der Waals surface area contributed by atoms with Crippen LogP contribution in [-0.4, -0.2) is 11.6 Å². The maximum Gasteiger partial charge on any atom is 0.213 e. The molecule has 0 saturated carbocycles. The molecule has 2 aromatic carbocycles. The molecule has 0 aliphatic rings. The molecule has 0 saturated heterocycles. The smallest absolute Gasteiger partial charge is 0.213 e. The third-order valence-corrected chi connectivity index (χ3v) is 5.99. The fraction of sp³-hybridized carbons (Fsp3) is 0.406. The van der Waals surface area contributed by atoms with E-state index in [0.29, 0.717) is 5.92 Å². The Morgan fingerprint density at radius 1 is 0.944 bits per heavy atom. The first-order valence-corrected chi connectivity index (χ1v) is 12.7. The van der Waals surface area contributed by atoms with E-state index in [1.165, 1.54) is 58.3 Å². The summed E-state index contributed by atoms with van der Waals surface area (Å²) in [5.41, 5.74) is 9.52. The van der Waals surface area contributed by atoms with Crippen molar-refractivity contribution in [2.75, 3.05) is 0 Å². The number of Topliss-reactive ketones (excluding diaryl/α,β-unsaturated/α-hetero) is 2. The number of rotatable bonds is 9. The molecule has 1 aromatic heterocycles. The maximum absolute atomic E-state index is 10.0. The summed E-state index contributed by atoms with van der Waals surface area (Å²) in [6.45, 7) is 21.0. The van der Waals surface area contributed by atoms with Gasteiger partial charge in [0.15, 0.2) is 0 Å². The normalized spacial score (nSPS) is 10.6. The van der Waals surface area contributed by atoms with Gasteiger partial charge in [-0.3, -0.25) is 9.59 Å². The molecule has 0 fully saturated rings. The number of benzene rings is 2. The van der Waals surface area contributed by atoms with E-state index >= 15 is 0 Å². The molecular weight excluding hydrogens is 623 g/mol. The average molecular weight is 665 g/mol. The molecule has 4 heteroatoms. The van der Waals surface area contributed by atoms with Crippen LogP contribution in [0.25, 0.3) is 22.2 Å². The van der Waals surface area contributed by atoms with E-state index in [0.717, 1.165) is 32.2 Å². The fourth-order valence-electron chi connectivity index (χ4n) is 4.75. The van der Waals surface area contributed by atoms with Crippen molar-refractivity contribution in [3.63, 3.8) is 0 Å². The number of carbonyl (C=O) groups excluding carboxylic acids is 2. The van der Waals surface area contributed by atoms with Crippen LogP contribution in [-0.2, 0) is 49.1 Å². The Bertz CT molecular complexity index is 1170. The van der Waals surface area contributed by atoms with Crippen LogP contribution in [0.2, 0.25) is 0 Å². The van der Waals surface area contributed by atoms with Crippen LogP contribution in [0.5, 0.6) is 0 Å². The number of aryl methyl sites for hydroxylation is 3. The van der Waals surface area contributed by atoms with Crippen LogP contribution >= 0.6 is 0 Å². The van der Waals surface area contributed by atoms with E-state index < -0.39 is 0 Å². The first-order valence-electron chi connectivity index (χ1n) is 12.7. The van der Waals surface area contributed by atoms with Crippen molar-refractivity contribution in [2.45, 2.75) is 80.2 Å². The first-order chi connectivity index (χ1) is 16.6. The van der Waals surface area contributed by atoms with Crippen LogP contribution in [0, 0.1) is 33.6 Å². The van der Waals surface area contributed by atoms with Crippen molar-refractivity contribution < 1.29 is 34.3 Å². The van der Waals surface area contributed by atoms with Gasteiger partial charge in [-0.1, -0.05) is 44.0 Å². The largest absolute Gasteiger partial charge is 0.343 e. The van der Waals surface area contributed by atoms with Crippen molar-refractivity contribution in [3.8, 4) is 11.3 Å². The summed E-state index contributed by atoms with van der Waals surface area (Å²) in [4.78, 5) is 20.1. The van der Waals surface area contributed by atoms with E-state index in [1.54, 1.807) is 0 Å². The average Bonchev–Trinajstić information content (AvgIpc) is 2.75. The Labute approximate surface area is 232 Å². The summed E-state index contributed by atoms with van der Waals surface area (Å²) in [7, 11) is 0. The second-order valence-electron chi connectivity index (χ2n) is 9.96. The van der Waals surface area contributed by atoms with E-state index in [-0.39, 0.29) is 38.1 Å². The number of hydrogen-bond acceptors (Lipinski definition) is 2. The van der Waals surface area contributed by atoms with Gasteiger partial charge < -0.3 is 13.8 Å². The van der Waals surface area contributed by atoms with Gasteiger partial charge in [-0.05, 0) is 68.9 Å². The summed E-state index contributed by atoms with van der Waals surface area (Å²) < 4.78 is 2.48. The molecule has 0 amide bonds. The molecule has 0 N–H and O–H groups in total.